The molecule has 0 aliphatic rings. The number of aromatic nitrogens is 2. The Labute approximate surface area is 150 Å². The molecule has 8 heteroatoms. The van der Waals surface area contributed by atoms with E-state index >= 15 is 0 Å². The van der Waals surface area contributed by atoms with Gasteiger partial charge >= 0.3 is 5.69 Å². The molecule has 0 fully saturated rings. The molecule has 3 aromatic rings. The number of hydrogen-bond donors (Lipinski definition) is 2. The van der Waals surface area contributed by atoms with Gasteiger partial charge in [0.1, 0.15) is 0 Å². The van der Waals surface area contributed by atoms with Gasteiger partial charge in [0.25, 0.3) is 0 Å². The Kier molecular flexibility index (Phi) is 5.22. The summed E-state index contributed by atoms with van der Waals surface area (Å²) in [7, 11) is -3.48. The Morgan fingerprint density at radius 2 is 1.73 bits per heavy atom. The highest BCUT2D eigenvalue weighted by Gasteiger charge is 2.16. The van der Waals surface area contributed by atoms with Crippen molar-refractivity contribution in [3.8, 4) is 0 Å². The van der Waals surface area contributed by atoms with Crippen molar-refractivity contribution in [2.24, 2.45) is 0 Å². The van der Waals surface area contributed by atoms with Gasteiger partial charge in [0.05, 0.1) is 21.7 Å². The van der Waals surface area contributed by atoms with E-state index in [1.54, 1.807) is 24.3 Å². The molecular formula is C18H19N3O4S. The van der Waals surface area contributed by atoms with Crippen LogP contribution in [0.2, 0.25) is 0 Å². The number of sulfone groups is 1. The Morgan fingerprint density at radius 1 is 1.04 bits per heavy atom. The lowest BCUT2D eigenvalue weighted by Crippen LogP contribution is -2.31. The Hall–Kier alpha value is -2.87. The van der Waals surface area contributed by atoms with Crippen LogP contribution in [0.1, 0.15) is 6.42 Å². The maximum atomic E-state index is 12.2. The summed E-state index contributed by atoms with van der Waals surface area (Å²) in [5, 5.41) is 2.66. The lowest BCUT2D eigenvalue weighted by molar-refractivity contribution is -0.120. The maximum absolute atomic E-state index is 12.2. The van der Waals surface area contributed by atoms with Gasteiger partial charge in [-0.25, -0.2) is 13.2 Å². The molecule has 136 valence electrons. The smallest absolute Gasteiger partial charge is 0.326 e. The standard InChI is InChI=1S/C18H19N3O4S/c22-17(10-13-26(24,25)14-6-2-1-3-7-14)19-11-12-21-16-9-5-4-8-15(16)20-18(21)23/h1-9H,10-13H2,(H,19,22)(H,20,23). The molecule has 0 radical (unpaired) electrons. The summed E-state index contributed by atoms with van der Waals surface area (Å²) in [5.41, 5.74) is 1.25. The van der Waals surface area contributed by atoms with Crippen LogP contribution >= 0.6 is 0 Å². The average molecular weight is 373 g/mol. The van der Waals surface area contributed by atoms with Crippen LogP contribution in [0.15, 0.2) is 64.3 Å². The number of hydrogen-bond acceptors (Lipinski definition) is 4. The molecule has 2 aromatic carbocycles. The van der Waals surface area contributed by atoms with E-state index in [0.29, 0.717) is 6.54 Å². The Balaban J connectivity index is 1.53. The number of fused-ring (bicyclic) bond motifs is 1. The van der Waals surface area contributed by atoms with E-state index in [1.807, 2.05) is 18.2 Å². The third kappa shape index (κ3) is 4.02. The van der Waals surface area contributed by atoms with Gasteiger partial charge in [0.15, 0.2) is 9.84 Å². The molecule has 1 heterocycles. The van der Waals surface area contributed by atoms with Crippen molar-refractivity contribution in [2.45, 2.75) is 17.9 Å². The molecule has 0 atom stereocenters. The fraction of sp³-hybridized carbons (Fsp3) is 0.222. The zero-order valence-electron chi connectivity index (χ0n) is 14.0. The summed E-state index contributed by atoms with van der Waals surface area (Å²) in [5.74, 6) is -0.618. The molecule has 0 spiro atoms. The summed E-state index contributed by atoms with van der Waals surface area (Å²) in [6, 6.07) is 15.3. The lowest BCUT2D eigenvalue weighted by Gasteiger charge is -2.07. The van der Waals surface area contributed by atoms with Gasteiger partial charge in [-0.15, -0.1) is 0 Å². The van der Waals surface area contributed by atoms with Crippen LogP contribution in [0.4, 0.5) is 0 Å². The minimum atomic E-state index is -3.48. The second-order valence-electron chi connectivity index (χ2n) is 5.83. The van der Waals surface area contributed by atoms with Crippen molar-refractivity contribution in [1.29, 1.82) is 0 Å². The van der Waals surface area contributed by atoms with Gasteiger partial charge in [0, 0.05) is 19.5 Å². The highest BCUT2D eigenvalue weighted by atomic mass is 32.2. The third-order valence-corrected chi connectivity index (χ3v) is 5.77. The van der Waals surface area contributed by atoms with Gasteiger partial charge in [-0.3, -0.25) is 9.36 Å². The fourth-order valence-electron chi connectivity index (χ4n) is 2.70. The average Bonchev–Trinajstić information content (AvgIpc) is 2.96. The summed E-state index contributed by atoms with van der Waals surface area (Å²) in [4.78, 5) is 26.8. The number of rotatable bonds is 7. The second kappa shape index (κ2) is 7.57. The topological polar surface area (TPSA) is 101 Å². The van der Waals surface area contributed by atoms with E-state index in [0.717, 1.165) is 11.0 Å². The highest BCUT2D eigenvalue weighted by Crippen LogP contribution is 2.11. The van der Waals surface area contributed by atoms with E-state index in [4.69, 9.17) is 0 Å². The molecule has 1 aromatic heterocycles. The third-order valence-electron chi connectivity index (χ3n) is 4.04. The quantitative estimate of drug-likeness (QED) is 0.652. The van der Waals surface area contributed by atoms with Crippen LogP contribution in [0.5, 0.6) is 0 Å². The highest BCUT2D eigenvalue weighted by molar-refractivity contribution is 7.91. The van der Waals surface area contributed by atoms with Gasteiger partial charge in [-0.05, 0) is 24.3 Å². The Bertz CT molecular complexity index is 1070. The minimum absolute atomic E-state index is 0.125. The van der Waals surface area contributed by atoms with Gasteiger partial charge in [-0.2, -0.15) is 0 Å². The number of H-pyrrole nitrogens is 1. The molecule has 0 bridgehead atoms. The van der Waals surface area contributed by atoms with Crippen molar-refractivity contribution in [2.75, 3.05) is 12.3 Å². The number of para-hydroxylation sites is 2. The summed E-state index contributed by atoms with van der Waals surface area (Å²) in [6.45, 7) is 0.548. The van der Waals surface area contributed by atoms with Crippen molar-refractivity contribution in [3.05, 3.63) is 65.1 Å². The van der Waals surface area contributed by atoms with E-state index in [2.05, 4.69) is 10.3 Å². The zero-order valence-corrected chi connectivity index (χ0v) is 14.8. The molecule has 1 amide bonds. The molecule has 7 nitrogen and oxygen atoms in total. The van der Waals surface area contributed by atoms with Crippen LogP contribution in [-0.2, 0) is 21.2 Å². The largest absolute Gasteiger partial charge is 0.354 e. The number of nitrogens with one attached hydrogen (secondary N) is 2. The monoisotopic (exact) mass is 373 g/mol. The zero-order chi connectivity index (χ0) is 18.6. The van der Waals surface area contributed by atoms with Crippen LogP contribution in [-0.4, -0.2) is 36.2 Å². The summed E-state index contributed by atoms with van der Waals surface area (Å²) >= 11 is 0. The van der Waals surface area contributed by atoms with Gasteiger partial charge in [0.2, 0.25) is 5.91 Å². The number of carbonyl (C=O) groups excluding carboxylic acids is 1. The molecule has 0 unspecified atom stereocenters. The van der Waals surface area contributed by atoms with Crippen LogP contribution < -0.4 is 11.0 Å². The molecule has 0 aliphatic carbocycles. The number of benzene rings is 2. The van der Waals surface area contributed by atoms with Crippen molar-refractivity contribution < 1.29 is 13.2 Å². The van der Waals surface area contributed by atoms with Gasteiger partial charge < -0.3 is 10.3 Å². The first-order valence-electron chi connectivity index (χ1n) is 8.19. The van der Waals surface area contributed by atoms with E-state index in [9.17, 15) is 18.0 Å². The molecule has 0 saturated carbocycles. The molecule has 0 aliphatic heterocycles. The van der Waals surface area contributed by atoms with E-state index < -0.39 is 9.84 Å². The summed E-state index contributed by atoms with van der Waals surface area (Å²) in [6.07, 6.45) is -0.125. The van der Waals surface area contributed by atoms with Crippen molar-refractivity contribution in [1.82, 2.24) is 14.9 Å². The number of nitrogens with zero attached hydrogens (tertiary/aromatic N) is 1. The Morgan fingerprint density at radius 3 is 2.50 bits per heavy atom. The van der Waals surface area contributed by atoms with Crippen molar-refractivity contribution >= 4 is 26.8 Å². The first-order valence-corrected chi connectivity index (χ1v) is 9.85. The normalized spacial score (nSPS) is 11.5. The first kappa shape index (κ1) is 17.9. The first-order chi connectivity index (χ1) is 12.5. The molecule has 26 heavy (non-hydrogen) atoms. The maximum Gasteiger partial charge on any atom is 0.326 e. The molecule has 2 N–H and O–H groups in total. The summed E-state index contributed by atoms with van der Waals surface area (Å²) < 4.78 is 25.9. The molecule has 3 rings (SSSR count). The van der Waals surface area contributed by atoms with Crippen LogP contribution in [0.3, 0.4) is 0 Å². The number of aromatic amines is 1. The molecular weight excluding hydrogens is 354 g/mol. The van der Waals surface area contributed by atoms with Crippen LogP contribution in [0.25, 0.3) is 11.0 Å². The second-order valence-corrected chi connectivity index (χ2v) is 7.94. The predicted molar refractivity (Wildman–Crippen MR) is 98.7 cm³/mol. The van der Waals surface area contributed by atoms with E-state index in [-0.39, 0.29) is 35.2 Å². The van der Waals surface area contributed by atoms with Crippen LogP contribution in [0, 0.1) is 0 Å². The number of carbonyl (C=O) groups is 1. The van der Waals surface area contributed by atoms with Crippen molar-refractivity contribution in [3.63, 3.8) is 0 Å². The van der Waals surface area contributed by atoms with Gasteiger partial charge in [-0.1, -0.05) is 30.3 Å². The number of imidazole rings is 1. The SMILES string of the molecule is O=C(CCS(=O)(=O)c1ccccc1)NCCn1c(=O)[nH]c2ccccc21. The lowest BCUT2D eigenvalue weighted by atomic mass is 10.3. The predicted octanol–water partition coefficient (Wildman–Crippen LogP) is 1.31. The number of amides is 1. The fourth-order valence-corrected chi connectivity index (χ4v) is 3.96. The minimum Gasteiger partial charge on any atom is -0.354 e. The van der Waals surface area contributed by atoms with E-state index in [1.165, 1.54) is 16.7 Å². The molecule has 0 saturated heterocycles.